The van der Waals surface area contributed by atoms with E-state index in [1.807, 2.05) is 58.0 Å². The lowest BCUT2D eigenvalue weighted by Gasteiger charge is -2.25. The molecule has 1 atom stereocenters. The van der Waals surface area contributed by atoms with Gasteiger partial charge in [0.1, 0.15) is 12.4 Å². The number of aliphatic hydroxyl groups is 1. The Balaban J connectivity index is 2.62. The third kappa shape index (κ3) is 7.98. The van der Waals surface area contributed by atoms with Crippen LogP contribution in [-0.2, 0) is 16.1 Å². The van der Waals surface area contributed by atoms with Gasteiger partial charge >= 0.3 is 0 Å². The normalized spacial score (nSPS) is 14.1. The lowest BCUT2D eigenvalue weighted by Crippen LogP contribution is -2.39. The molecule has 4 nitrogen and oxygen atoms in total. The molecule has 0 aromatic heterocycles. The van der Waals surface area contributed by atoms with Crippen LogP contribution in [0.15, 0.2) is 54.3 Å². The highest BCUT2D eigenvalue weighted by Gasteiger charge is 2.16. The van der Waals surface area contributed by atoms with Gasteiger partial charge in [0.25, 0.3) is 0 Å². The summed E-state index contributed by atoms with van der Waals surface area (Å²) in [7, 11) is 0. The first kappa shape index (κ1) is 19.4. The second-order valence-corrected chi connectivity index (χ2v) is 6.26. The molecule has 1 rings (SSSR count). The van der Waals surface area contributed by atoms with Crippen molar-refractivity contribution in [2.24, 2.45) is 0 Å². The van der Waals surface area contributed by atoms with Crippen molar-refractivity contribution in [1.82, 2.24) is 5.32 Å². The largest absolute Gasteiger partial charge is 0.489 e. The standard InChI is InChI=1S/C19H29NO3/c1-6-16(13-20-18(21)23-19(3,4)5)17(7-2)22-14-15-11-9-8-10-12-15/h7-12,18,20-21H,2,6,13-14H2,1,3-5H3/b17-16-. The molecule has 0 radical (unpaired) electrons. The van der Waals surface area contributed by atoms with Crippen molar-refractivity contribution in [3.05, 3.63) is 59.9 Å². The van der Waals surface area contributed by atoms with E-state index in [9.17, 15) is 5.11 Å². The zero-order valence-corrected chi connectivity index (χ0v) is 14.6. The number of rotatable bonds is 9. The van der Waals surface area contributed by atoms with Crippen LogP contribution in [0.3, 0.4) is 0 Å². The molecular weight excluding hydrogens is 290 g/mol. The van der Waals surface area contributed by atoms with E-state index in [-0.39, 0.29) is 0 Å². The molecule has 0 aliphatic rings. The fourth-order valence-corrected chi connectivity index (χ4v) is 2.01. The van der Waals surface area contributed by atoms with Gasteiger partial charge in [-0.25, -0.2) is 0 Å². The summed E-state index contributed by atoms with van der Waals surface area (Å²) < 4.78 is 11.3. The Morgan fingerprint density at radius 1 is 1.30 bits per heavy atom. The number of hydrogen-bond acceptors (Lipinski definition) is 4. The maximum Gasteiger partial charge on any atom is 0.214 e. The van der Waals surface area contributed by atoms with Crippen LogP contribution in [0.1, 0.15) is 39.7 Å². The van der Waals surface area contributed by atoms with Crippen molar-refractivity contribution < 1.29 is 14.6 Å². The van der Waals surface area contributed by atoms with Crippen LogP contribution in [0.4, 0.5) is 0 Å². The van der Waals surface area contributed by atoms with Gasteiger partial charge in [0, 0.05) is 6.54 Å². The molecule has 23 heavy (non-hydrogen) atoms. The molecule has 0 aliphatic heterocycles. The van der Waals surface area contributed by atoms with Crippen molar-refractivity contribution in [2.75, 3.05) is 6.54 Å². The van der Waals surface area contributed by atoms with Crippen LogP contribution in [0.25, 0.3) is 0 Å². The van der Waals surface area contributed by atoms with Crippen molar-refractivity contribution in [3.8, 4) is 0 Å². The fraction of sp³-hybridized carbons (Fsp3) is 0.474. The van der Waals surface area contributed by atoms with Crippen LogP contribution < -0.4 is 5.32 Å². The molecule has 1 unspecified atom stereocenters. The molecule has 4 heteroatoms. The molecule has 128 valence electrons. The third-order valence-corrected chi connectivity index (χ3v) is 3.15. The molecule has 1 aromatic carbocycles. The quantitative estimate of drug-likeness (QED) is 0.414. The van der Waals surface area contributed by atoms with Crippen molar-refractivity contribution in [2.45, 2.75) is 52.7 Å². The molecule has 0 spiro atoms. The lowest BCUT2D eigenvalue weighted by molar-refractivity contribution is -0.180. The van der Waals surface area contributed by atoms with Crippen molar-refractivity contribution in [3.63, 3.8) is 0 Å². The van der Waals surface area contributed by atoms with E-state index in [1.165, 1.54) is 0 Å². The zero-order chi connectivity index (χ0) is 17.3. The highest BCUT2D eigenvalue weighted by Crippen LogP contribution is 2.14. The van der Waals surface area contributed by atoms with E-state index in [0.29, 0.717) is 13.2 Å². The molecular formula is C19H29NO3. The average Bonchev–Trinajstić information content (AvgIpc) is 2.49. The molecule has 0 aliphatic carbocycles. The summed E-state index contributed by atoms with van der Waals surface area (Å²) in [4.78, 5) is 0. The summed E-state index contributed by atoms with van der Waals surface area (Å²) in [5, 5.41) is 12.8. The van der Waals surface area contributed by atoms with Gasteiger partial charge in [0.15, 0.2) is 0 Å². The minimum Gasteiger partial charge on any atom is -0.489 e. The Labute approximate surface area is 139 Å². The summed E-state index contributed by atoms with van der Waals surface area (Å²) >= 11 is 0. The summed E-state index contributed by atoms with van der Waals surface area (Å²) in [5.41, 5.74) is 1.73. The molecule has 0 fully saturated rings. The smallest absolute Gasteiger partial charge is 0.214 e. The highest BCUT2D eigenvalue weighted by molar-refractivity contribution is 5.21. The number of ether oxygens (including phenoxy) is 2. The Hall–Kier alpha value is -1.62. The van der Waals surface area contributed by atoms with Crippen LogP contribution >= 0.6 is 0 Å². The molecule has 2 N–H and O–H groups in total. The van der Waals surface area contributed by atoms with Gasteiger partial charge in [-0.05, 0) is 44.4 Å². The third-order valence-electron chi connectivity index (χ3n) is 3.15. The second kappa shape index (κ2) is 9.50. The number of aliphatic hydroxyl groups excluding tert-OH is 1. The van der Waals surface area contributed by atoms with E-state index >= 15 is 0 Å². The van der Waals surface area contributed by atoms with E-state index < -0.39 is 12.0 Å². The maximum absolute atomic E-state index is 9.87. The van der Waals surface area contributed by atoms with Gasteiger partial charge in [-0.3, -0.25) is 5.32 Å². The first-order valence-corrected chi connectivity index (χ1v) is 7.96. The predicted octanol–water partition coefficient (Wildman–Crippen LogP) is 3.73. The summed E-state index contributed by atoms with van der Waals surface area (Å²) in [5.74, 6) is 0.742. The lowest BCUT2D eigenvalue weighted by atomic mass is 10.1. The number of benzene rings is 1. The summed E-state index contributed by atoms with van der Waals surface area (Å²) in [6.45, 7) is 12.5. The van der Waals surface area contributed by atoms with Crippen molar-refractivity contribution in [1.29, 1.82) is 0 Å². The van der Waals surface area contributed by atoms with E-state index in [4.69, 9.17) is 9.47 Å². The molecule has 0 heterocycles. The maximum atomic E-state index is 9.87. The number of allylic oxidation sites excluding steroid dienone is 1. The predicted molar refractivity (Wildman–Crippen MR) is 93.6 cm³/mol. The molecule has 0 saturated carbocycles. The SMILES string of the molecule is C=C/C(OCc1ccccc1)=C(\CC)CNC(O)OC(C)(C)C. The fourth-order valence-electron chi connectivity index (χ4n) is 2.01. The Morgan fingerprint density at radius 2 is 1.96 bits per heavy atom. The number of hydrogen-bond donors (Lipinski definition) is 2. The van der Waals surface area contributed by atoms with E-state index in [0.717, 1.165) is 23.3 Å². The minimum atomic E-state index is -1.02. The van der Waals surface area contributed by atoms with E-state index in [2.05, 4.69) is 11.9 Å². The van der Waals surface area contributed by atoms with Gasteiger partial charge in [-0.2, -0.15) is 0 Å². The van der Waals surface area contributed by atoms with E-state index in [1.54, 1.807) is 6.08 Å². The van der Waals surface area contributed by atoms with Crippen molar-refractivity contribution >= 4 is 0 Å². The highest BCUT2D eigenvalue weighted by atomic mass is 16.6. The van der Waals surface area contributed by atoms with Crippen LogP contribution in [0.2, 0.25) is 0 Å². The summed E-state index contributed by atoms with van der Waals surface area (Å²) in [6.07, 6.45) is 1.49. The summed E-state index contributed by atoms with van der Waals surface area (Å²) in [6, 6.07) is 9.99. The van der Waals surface area contributed by atoms with Gasteiger partial charge in [-0.15, -0.1) is 0 Å². The minimum absolute atomic E-state index is 0.409. The molecule has 0 saturated heterocycles. The Kier molecular flexibility index (Phi) is 8.03. The van der Waals surface area contributed by atoms with Gasteiger partial charge in [0.2, 0.25) is 6.41 Å². The Bertz CT molecular complexity index is 503. The molecule has 0 bridgehead atoms. The first-order valence-electron chi connectivity index (χ1n) is 7.96. The van der Waals surface area contributed by atoms with Crippen LogP contribution in [0.5, 0.6) is 0 Å². The first-order chi connectivity index (χ1) is 10.9. The van der Waals surface area contributed by atoms with Crippen LogP contribution in [-0.4, -0.2) is 23.7 Å². The molecule has 0 amide bonds. The van der Waals surface area contributed by atoms with Gasteiger partial charge in [-0.1, -0.05) is 43.8 Å². The molecule has 1 aromatic rings. The Morgan fingerprint density at radius 3 is 2.48 bits per heavy atom. The average molecular weight is 319 g/mol. The second-order valence-electron chi connectivity index (χ2n) is 6.26. The number of nitrogens with one attached hydrogen (secondary N) is 1. The zero-order valence-electron chi connectivity index (χ0n) is 14.6. The van der Waals surface area contributed by atoms with Gasteiger partial charge in [0.05, 0.1) is 5.60 Å². The topological polar surface area (TPSA) is 50.7 Å². The van der Waals surface area contributed by atoms with Gasteiger partial charge < -0.3 is 14.6 Å². The monoisotopic (exact) mass is 319 g/mol. The van der Waals surface area contributed by atoms with Crippen LogP contribution in [0, 0.1) is 0 Å².